The van der Waals surface area contributed by atoms with E-state index in [-0.39, 0.29) is 5.78 Å². The third-order valence-electron chi connectivity index (χ3n) is 2.14. The van der Waals surface area contributed by atoms with E-state index in [0.29, 0.717) is 18.9 Å². The standard InChI is InChI=1S/C10H22N2O/c1-4-9(2)7-12-6-5-10(13)8-11-3/h9,11-12H,4-8H2,1-3H3. The average Bonchev–Trinajstić information content (AvgIpc) is 2.12. The minimum absolute atomic E-state index is 0.277. The summed E-state index contributed by atoms with van der Waals surface area (Å²) in [5.74, 6) is 0.985. The van der Waals surface area contributed by atoms with Crippen LogP contribution in [0.5, 0.6) is 0 Å². The number of rotatable bonds is 8. The Kier molecular flexibility index (Phi) is 7.94. The van der Waals surface area contributed by atoms with E-state index < -0.39 is 0 Å². The minimum Gasteiger partial charge on any atom is -0.316 e. The Bertz CT molecular complexity index is 137. The van der Waals surface area contributed by atoms with E-state index in [9.17, 15) is 4.79 Å². The third kappa shape index (κ3) is 7.94. The van der Waals surface area contributed by atoms with Gasteiger partial charge >= 0.3 is 0 Å². The first-order valence-corrected chi connectivity index (χ1v) is 5.07. The molecule has 0 aliphatic heterocycles. The molecular formula is C10H22N2O. The van der Waals surface area contributed by atoms with E-state index in [1.54, 1.807) is 7.05 Å². The Balaban J connectivity index is 3.20. The SMILES string of the molecule is CCC(C)CNCCC(=O)CNC. The zero-order chi connectivity index (χ0) is 10.1. The number of Topliss-reactive ketones (excluding diaryl/α,β-unsaturated/α-hetero) is 1. The summed E-state index contributed by atoms with van der Waals surface area (Å²) in [5.41, 5.74) is 0. The topological polar surface area (TPSA) is 41.1 Å². The highest BCUT2D eigenvalue weighted by atomic mass is 16.1. The van der Waals surface area contributed by atoms with E-state index in [2.05, 4.69) is 24.5 Å². The number of hydrogen-bond donors (Lipinski definition) is 2. The van der Waals surface area contributed by atoms with Gasteiger partial charge in [-0.2, -0.15) is 0 Å². The van der Waals surface area contributed by atoms with Crippen LogP contribution < -0.4 is 10.6 Å². The van der Waals surface area contributed by atoms with Crippen molar-refractivity contribution in [3.63, 3.8) is 0 Å². The molecule has 2 N–H and O–H groups in total. The van der Waals surface area contributed by atoms with Gasteiger partial charge in [-0.3, -0.25) is 4.79 Å². The third-order valence-corrected chi connectivity index (χ3v) is 2.14. The van der Waals surface area contributed by atoms with Crippen molar-refractivity contribution in [3.05, 3.63) is 0 Å². The normalized spacial score (nSPS) is 12.8. The first-order valence-electron chi connectivity index (χ1n) is 5.07. The van der Waals surface area contributed by atoms with Gasteiger partial charge < -0.3 is 10.6 Å². The number of hydrogen-bond acceptors (Lipinski definition) is 3. The van der Waals surface area contributed by atoms with Gasteiger partial charge in [0.1, 0.15) is 5.78 Å². The van der Waals surface area contributed by atoms with Crippen molar-refractivity contribution in [2.45, 2.75) is 26.7 Å². The fraction of sp³-hybridized carbons (Fsp3) is 0.900. The molecule has 1 atom stereocenters. The maximum absolute atomic E-state index is 11.1. The fourth-order valence-electron chi connectivity index (χ4n) is 1.01. The van der Waals surface area contributed by atoms with Crippen LogP contribution in [0, 0.1) is 5.92 Å². The van der Waals surface area contributed by atoms with Crippen molar-refractivity contribution < 1.29 is 4.79 Å². The van der Waals surface area contributed by atoms with Crippen LogP contribution in [0.1, 0.15) is 26.7 Å². The van der Waals surface area contributed by atoms with Gasteiger partial charge in [0.2, 0.25) is 0 Å². The van der Waals surface area contributed by atoms with E-state index in [1.807, 2.05) is 0 Å². The van der Waals surface area contributed by atoms with Crippen LogP contribution in [-0.4, -0.2) is 32.5 Å². The van der Waals surface area contributed by atoms with E-state index in [4.69, 9.17) is 0 Å². The van der Waals surface area contributed by atoms with Crippen molar-refractivity contribution in [2.24, 2.45) is 5.92 Å². The second-order valence-corrected chi connectivity index (χ2v) is 3.54. The summed E-state index contributed by atoms with van der Waals surface area (Å²) < 4.78 is 0. The molecule has 0 rings (SSSR count). The van der Waals surface area contributed by atoms with Gasteiger partial charge in [-0.25, -0.2) is 0 Å². The minimum atomic E-state index is 0.277. The van der Waals surface area contributed by atoms with Crippen LogP contribution in [0.25, 0.3) is 0 Å². The Morgan fingerprint density at radius 1 is 1.46 bits per heavy atom. The van der Waals surface area contributed by atoms with Crippen LogP contribution in [-0.2, 0) is 4.79 Å². The van der Waals surface area contributed by atoms with Crippen molar-refractivity contribution >= 4 is 5.78 Å². The Labute approximate surface area is 81.3 Å². The quantitative estimate of drug-likeness (QED) is 0.551. The zero-order valence-electron chi connectivity index (χ0n) is 9.02. The molecule has 0 radical (unpaired) electrons. The van der Waals surface area contributed by atoms with Gasteiger partial charge in [-0.15, -0.1) is 0 Å². The van der Waals surface area contributed by atoms with E-state index in [1.165, 1.54) is 6.42 Å². The van der Waals surface area contributed by atoms with Crippen molar-refractivity contribution in [3.8, 4) is 0 Å². The van der Waals surface area contributed by atoms with Crippen LogP contribution in [0.4, 0.5) is 0 Å². The van der Waals surface area contributed by atoms with Gasteiger partial charge in [0.15, 0.2) is 0 Å². The Morgan fingerprint density at radius 2 is 2.15 bits per heavy atom. The molecule has 13 heavy (non-hydrogen) atoms. The van der Waals surface area contributed by atoms with Crippen LogP contribution in [0.15, 0.2) is 0 Å². The molecule has 0 aliphatic carbocycles. The summed E-state index contributed by atoms with van der Waals surface area (Å²) >= 11 is 0. The van der Waals surface area contributed by atoms with Gasteiger partial charge in [0, 0.05) is 13.0 Å². The number of carbonyl (C=O) groups is 1. The summed E-state index contributed by atoms with van der Waals surface area (Å²) in [6.07, 6.45) is 1.83. The zero-order valence-corrected chi connectivity index (χ0v) is 9.02. The molecule has 0 spiro atoms. The number of likely N-dealkylation sites (N-methyl/N-ethyl adjacent to an activating group) is 1. The summed E-state index contributed by atoms with van der Waals surface area (Å²) in [5, 5.41) is 6.13. The fourth-order valence-corrected chi connectivity index (χ4v) is 1.01. The van der Waals surface area contributed by atoms with Crippen molar-refractivity contribution in [1.82, 2.24) is 10.6 Å². The average molecular weight is 186 g/mol. The lowest BCUT2D eigenvalue weighted by molar-refractivity contribution is -0.118. The summed E-state index contributed by atoms with van der Waals surface area (Å²) in [6, 6.07) is 0. The number of carbonyl (C=O) groups excluding carboxylic acids is 1. The molecule has 3 nitrogen and oxygen atoms in total. The maximum atomic E-state index is 11.1. The summed E-state index contributed by atoms with van der Waals surface area (Å²) in [6.45, 7) is 6.71. The van der Waals surface area contributed by atoms with Gasteiger partial charge in [-0.05, 0) is 19.5 Å². The second kappa shape index (κ2) is 8.20. The highest BCUT2D eigenvalue weighted by Gasteiger charge is 2.00. The van der Waals surface area contributed by atoms with Crippen LogP contribution in [0.2, 0.25) is 0 Å². The lowest BCUT2D eigenvalue weighted by Crippen LogP contribution is -2.26. The monoisotopic (exact) mass is 186 g/mol. The lowest BCUT2D eigenvalue weighted by Gasteiger charge is -2.09. The van der Waals surface area contributed by atoms with Gasteiger partial charge in [0.25, 0.3) is 0 Å². The molecule has 0 aromatic heterocycles. The summed E-state index contributed by atoms with van der Waals surface area (Å²) in [4.78, 5) is 11.1. The van der Waals surface area contributed by atoms with Crippen LogP contribution in [0.3, 0.4) is 0 Å². The Morgan fingerprint density at radius 3 is 2.69 bits per heavy atom. The van der Waals surface area contributed by atoms with E-state index in [0.717, 1.165) is 13.1 Å². The molecule has 3 heteroatoms. The molecule has 0 fully saturated rings. The van der Waals surface area contributed by atoms with E-state index >= 15 is 0 Å². The maximum Gasteiger partial charge on any atom is 0.147 e. The molecule has 0 aromatic rings. The number of nitrogens with one attached hydrogen (secondary N) is 2. The summed E-state index contributed by atoms with van der Waals surface area (Å²) in [7, 11) is 1.80. The molecule has 0 amide bonds. The molecular weight excluding hydrogens is 164 g/mol. The first kappa shape index (κ1) is 12.6. The highest BCUT2D eigenvalue weighted by molar-refractivity contribution is 5.80. The predicted octanol–water partition coefficient (Wildman–Crippen LogP) is 0.801. The smallest absolute Gasteiger partial charge is 0.147 e. The predicted molar refractivity (Wildman–Crippen MR) is 55.9 cm³/mol. The van der Waals surface area contributed by atoms with Gasteiger partial charge in [0.05, 0.1) is 6.54 Å². The second-order valence-electron chi connectivity index (χ2n) is 3.54. The first-order chi connectivity index (χ1) is 6.20. The molecule has 0 aliphatic rings. The molecule has 1 unspecified atom stereocenters. The Hall–Kier alpha value is -0.410. The highest BCUT2D eigenvalue weighted by Crippen LogP contribution is 1.96. The van der Waals surface area contributed by atoms with Crippen LogP contribution >= 0.6 is 0 Å². The molecule has 0 aromatic carbocycles. The molecule has 0 saturated heterocycles. The van der Waals surface area contributed by atoms with Crippen molar-refractivity contribution in [1.29, 1.82) is 0 Å². The molecule has 0 saturated carbocycles. The largest absolute Gasteiger partial charge is 0.316 e. The molecule has 0 heterocycles. The van der Waals surface area contributed by atoms with Crippen molar-refractivity contribution in [2.75, 3.05) is 26.7 Å². The lowest BCUT2D eigenvalue weighted by atomic mass is 10.1. The number of ketones is 1. The van der Waals surface area contributed by atoms with Gasteiger partial charge in [-0.1, -0.05) is 20.3 Å². The molecule has 0 bridgehead atoms. The molecule has 78 valence electrons.